The molecule has 0 spiro atoms. The summed E-state index contributed by atoms with van der Waals surface area (Å²) >= 11 is 0. The predicted octanol–water partition coefficient (Wildman–Crippen LogP) is 2.53. The van der Waals surface area contributed by atoms with E-state index < -0.39 is 10.0 Å². The molecule has 5 heteroatoms. The Morgan fingerprint density at radius 2 is 1.52 bits per heavy atom. The van der Waals surface area contributed by atoms with Crippen LogP contribution in [0.1, 0.15) is 5.56 Å². The lowest BCUT2D eigenvalue weighted by Crippen LogP contribution is -2.32. The molecule has 21 heavy (non-hydrogen) atoms. The van der Waals surface area contributed by atoms with Gasteiger partial charge in [0.2, 0.25) is 10.0 Å². The van der Waals surface area contributed by atoms with Crippen LogP contribution in [0, 0.1) is 0 Å². The van der Waals surface area contributed by atoms with Crippen LogP contribution in [0.5, 0.6) is 5.75 Å². The predicted molar refractivity (Wildman–Crippen MR) is 83.6 cm³/mol. The Morgan fingerprint density at radius 1 is 0.952 bits per heavy atom. The smallest absolute Gasteiger partial charge is 0.218 e. The number of sulfonamides is 1. The fourth-order valence-corrected chi connectivity index (χ4v) is 3.03. The topological polar surface area (TPSA) is 46.6 Å². The highest BCUT2D eigenvalue weighted by atomic mass is 32.2. The first kappa shape index (κ1) is 15.5. The monoisotopic (exact) mass is 305 g/mol. The zero-order chi connectivity index (χ0) is 15.1. The van der Waals surface area contributed by atoms with Gasteiger partial charge in [-0.05, 0) is 17.7 Å². The van der Waals surface area contributed by atoms with Crippen molar-refractivity contribution in [1.82, 2.24) is 4.31 Å². The SMILES string of the molecule is CN(CCOc1ccccc1)S(=O)(=O)Cc1ccccc1. The van der Waals surface area contributed by atoms with Crippen molar-refractivity contribution in [1.29, 1.82) is 0 Å². The number of nitrogens with zero attached hydrogens (tertiary/aromatic N) is 1. The van der Waals surface area contributed by atoms with Crippen molar-refractivity contribution < 1.29 is 13.2 Å². The molecule has 0 aliphatic heterocycles. The summed E-state index contributed by atoms with van der Waals surface area (Å²) in [4.78, 5) is 0. The normalized spacial score (nSPS) is 11.5. The van der Waals surface area contributed by atoms with E-state index >= 15 is 0 Å². The average molecular weight is 305 g/mol. The van der Waals surface area contributed by atoms with Crippen LogP contribution < -0.4 is 4.74 Å². The minimum absolute atomic E-state index is 0.00960. The molecule has 0 bridgehead atoms. The number of rotatable bonds is 7. The summed E-state index contributed by atoms with van der Waals surface area (Å²) in [6, 6.07) is 18.5. The molecule has 0 unspecified atom stereocenters. The van der Waals surface area contributed by atoms with Crippen molar-refractivity contribution >= 4 is 10.0 Å². The molecule has 0 radical (unpaired) electrons. The largest absolute Gasteiger partial charge is 0.492 e. The molecule has 0 amide bonds. The van der Waals surface area contributed by atoms with Gasteiger partial charge >= 0.3 is 0 Å². The van der Waals surface area contributed by atoms with Crippen molar-refractivity contribution in [3.8, 4) is 5.75 Å². The first-order valence-electron chi connectivity index (χ1n) is 6.74. The summed E-state index contributed by atoms with van der Waals surface area (Å²) in [5, 5.41) is 0. The molecule has 0 heterocycles. The number of ether oxygens (including phenoxy) is 1. The molecule has 0 aliphatic carbocycles. The van der Waals surface area contributed by atoms with Crippen LogP contribution in [0.15, 0.2) is 60.7 Å². The van der Waals surface area contributed by atoms with Gasteiger partial charge in [-0.3, -0.25) is 0 Å². The van der Waals surface area contributed by atoms with Gasteiger partial charge in [0.1, 0.15) is 12.4 Å². The van der Waals surface area contributed by atoms with E-state index in [4.69, 9.17) is 4.74 Å². The van der Waals surface area contributed by atoms with Gasteiger partial charge in [-0.15, -0.1) is 0 Å². The van der Waals surface area contributed by atoms with Gasteiger partial charge in [-0.2, -0.15) is 0 Å². The van der Waals surface area contributed by atoms with Gasteiger partial charge < -0.3 is 4.74 Å². The van der Waals surface area contributed by atoms with E-state index in [1.807, 2.05) is 60.7 Å². The molecule has 2 aromatic rings. The highest BCUT2D eigenvalue weighted by Gasteiger charge is 2.18. The van der Waals surface area contributed by atoms with Gasteiger partial charge in [0.25, 0.3) is 0 Å². The second-order valence-electron chi connectivity index (χ2n) is 4.72. The quantitative estimate of drug-likeness (QED) is 0.789. The Kier molecular flexibility index (Phi) is 5.36. The Morgan fingerprint density at radius 3 is 2.14 bits per heavy atom. The van der Waals surface area contributed by atoms with Crippen molar-refractivity contribution in [2.24, 2.45) is 0 Å². The molecule has 0 saturated carbocycles. The molecule has 0 aromatic heterocycles. The first-order valence-corrected chi connectivity index (χ1v) is 8.34. The summed E-state index contributed by atoms with van der Waals surface area (Å²) in [6.07, 6.45) is 0. The Hall–Kier alpha value is -1.85. The summed E-state index contributed by atoms with van der Waals surface area (Å²) < 4.78 is 31.3. The summed E-state index contributed by atoms with van der Waals surface area (Å²) in [7, 11) is -1.74. The van der Waals surface area contributed by atoms with Crippen LogP contribution in [0.4, 0.5) is 0 Å². The van der Waals surface area contributed by atoms with Gasteiger partial charge in [0.15, 0.2) is 0 Å². The second-order valence-corrected chi connectivity index (χ2v) is 6.80. The van der Waals surface area contributed by atoms with Crippen molar-refractivity contribution in [2.75, 3.05) is 20.2 Å². The van der Waals surface area contributed by atoms with Gasteiger partial charge in [0, 0.05) is 13.6 Å². The van der Waals surface area contributed by atoms with Crippen LogP contribution in [0.2, 0.25) is 0 Å². The zero-order valence-corrected chi connectivity index (χ0v) is 12.8. The third kappa shape index (κ3) is 4.88. The Bertz CT molecular complexity index is 642. The van der Waals surface area contributed by atoms with Gasteiger partial charge in [-0.1, -0.05) is 48.5 Å². The van der Waals surface area contributed by atoms with E-state index in [9.17, 15) is 8.42 Å². The Labute approximate surface area is 126 Å². The molecule has 0 aliphatic rings. The molecule has 2 rings (SSSR count). The maximum Gasteiger partial charge on any atom is 0.218 e. The van der Waals surface area contributed by atoms with E-state index in [0.717, 1.165) is 11.3 Å². The number of hydrogen-bond donors (Lipinski definition) is 0. The number of para-hydroxylation sites is 1. The van der Waals surface area contributed by atoms with Crippen LogP contribution in [0.3, 0.4) is 0 Å². The zero-order valence-electron chi connectivity index (χ0n) is 12.0. The first-order chi connectivity index (χ1) is 10.1. The lowest BCUT2D eigenvalue weighted by Gasteiger charge is -2.17. The summed E-state index contributed by atoms with van der Waals surface area (Å²) in [6.45, 7) is 0.651. The van der Waals surface area contributed by atoms with E-state index in [-0.39, 0.29) is 5.75 Å². The molecular weight excluding hydrogens is 286 g/mol. The minimum Gasteiger partial charge on any atom is -0.492 e. The molecule has 0 saturated heterocycles. The summed E-state index contributed by atoms with van der Waals surface area (Å²) in [5.74, 6) is 0.752. The van der Waals surface area contributed by atoms with Gasteiger partial charge in [-0.25, -0.2) is 12.7 Å². The lowest BCUT2D eigenvalue weighted by atomic mass is 10.2. The molecular formula is C16H19NO3S. The third-order valence-corrected chi connectivity index (χ3v) is 4.92. The fraction of sp³-hybridized carbons (Fsp3) is 0.250. The van der Waals surface area contributed by atoms with Crippen LogP contribution in [-0.4, -0.2) is 32.9 Å². The molecule has 0 N–H and O–H groups in total. The van der Waals surface area contributed by atoms with Gasteiger partial charge in [0.05, 0.1) is 5.75 Å². The number of hydrogen-bond acceptors (Lipinski definition) is 3. The average Bonchev–Trinajstić information content (AvgIpc) is 2.49. The molecule has 0 fully saturated rings. The lowest BCUT2D eigenvalue weighted by molar-refractivity contribution is 0.287. The fourth-order valence-electron chi connectivity index (χ4n) is 1.84. The molecule has 2 aromatic carbocycles. The maximum absolute atomic E-state index is 12.2. The van der Waals surface area contributed by atoms with Crippen LogP contribution in [0.25, 0.3) is 0 Å². The van der Waals surface area contributed by atoms with Crippen molar-refractivity contribution in [2.45, 2.75) is 5.75 Å². The van der Waals surface area contributed by atoms with E-state index in [1.165, 1.54) is 4.31 Å². The van der Waals surface area contributed by atoms with Crippen molar-refractivity contribution in [3.63, 3.8) is 0 Å². The molecule has 0 atom stereocenters. The molecule has 112 valence electrons. The van der Waals surface area contributed by atoms with Crippen molar-refractivity contribution in [3.05, 3.63) is 66.2 Å². The molecule has 4 nitrogen and oxygen atoms in total. The Balaban J connectivity index is 1.86. The second kappa shape index (κ2) is 7.24. The maximum atomic E-state index is 12.2. The highest BCUT2D eigenvalue weighted by Crippen LogP contribution is 2.11. The van der Waals surface area contributed by atoms with E-state index in [2.05, 4.69) is 0 Å². The standard InChI is InChI=1S/C16H19NO3S/c1-17(12-13-20-16-10-6-3-7-11-16)21(18,19)14-15-8-4-2-5-9-15/h2-11H,12-14H2,1H3. The number of benzene rings is 2. The minimum atomic E-state index is -3.31. The third-order valence-electron chi connectivity index (χ3n) is 3.08. The van der Waals surface area contributed by atoms with Crippen LogP contribution >= 0.6 is 0 Å². The summed E-state index contributed by atoms with van der Waals surface area (Å²) in [5.41, 5.74) is 0.785. The number of likely N-dealkylation sites (N-methyl/N-ethyl adjacent to an activating group) is 1. The highest BCUT2D eigenvalue weighted by molar-refractivity contribution is 7.88. The van der Waals surface area contributed by atoms with E-state index in [1.54, 1.807) is 7.05 Å². The van der Waals surface area contributed by atoms with E-state index in [0.29, 0.717) is 13.2 Å². The van der Waals surface area contributed by atoms with Crippen LogP contribution in [-0.2, 0) is 15.8 Å².